The van der Waals surface area contributed by atoms with Crippen molar-refractivity contribution in [3.8, 4) is 0 Å². The van der Waals surface area contributed by atoms with E-state index in [2.05, 4.69) is 5.32 Å². The average Bonchev–Trinajstić information content (AvgIpc) is 2.51. The normalized spacial score (nSPS) is 23.4. The van der Waals surface area contributed by atoms with Crippen molar-refractivity contribution in [3.63, 3.8) is 0 Å². The van der Waals surface area contributed by atoms with Crippen molar-refractivity contribution < 1.29 is 19.2 Å². The number of nitrogens with zero attached hydrogens (tertiary/aromatic N) is 1. The molecule has 0 radical (unpaired) electrons. The lowest BCUT2D eigenvalue weighted by atomic mass is 9.82. The Balaban J connectivity index is 2.75. The number of rotatable bonds is 4. The second-order valence-electron chi connectivity index (χ2n) is 8.22. The predicted molar refractivity (Wildman–Crippen MR) is 99.8 cm³/mol. The van der Waals surface area contributed by atoms with Crippen LogP contribution in [0.3, 0.4) is 0 Å². The molecule has 0 aromatic carbocycles. The van der Waals surface area contributed by atoms with Gasteiger partial charge in [-0.05, 0) is 33.6 Å². The zero-order valence-electron chi connectivity index (χ0n) is 16.5. The van der Waals surface area contributed by atoms with Crippen LogP contribution in [0, 0.1) is 10.1 Å². The number of alkyl carbamates (subject to hydrolysis) is 1. The highest BCUT2D eigenvalue weighted by atomic mass is 16.6. The number of hydrogen-bond acceptors (Lipinski definition) is 5. The smallest absolute Gasteiger partial charge is 0.407 e. The highest BCUT2D eigenvalue weighted by Gasteiger charge is 2.48. The van der Waals surface area contributed by atoms with Gasteiger partial charge in [-0.15, -0.1) is 0 Å². The van der Waals surface area contributed by atoms with Gasteiger partial charge in [0.15, 0.2) is 0 Å². The maximum atomic E-state index is 12.7. The minimum Gasteiger partial charge on any atom is -0.444 e. The molecule has 0 heterocycles. The molecule has 1 atom stereocenters. The molecular weight excluding hydrogens is 336 g/mol. The van der Waals surface area contributed by atoms with Gasteiger partial charge in [0.2, 0.25) is 5.78 Å². The molecule has 0 bridgehead atoms. The molecule has 26 heavy (non-hydrogen) atoms. The Morgan fingerprint density at radius 2 is 1.65 bits per heavy atom. The second kappa shape index (κ2) is 10.5. The van der Waals surface area contributed by atoms with Crippen molar-refractivity contribution in [2.24, 2.45) is 0 Å². The van der Waals surface area contributed by atoms with Gasteiger partial charge in [0.25, 0.3) is 5.54 Å². The molecule has 0 aromatic heterocycles. The Bertz CT molecular complexity index is 487. The number of carbonyl (C=O) groups excluding carboxylic acids is 2. The van der Waals surface area contributed by atoms with Crippen molar-refractivity contribution >= 4 is 11.9 Å². The first-order chi connectivity index (χ1) is 12.2. The van der Waals surface area contributed by atoms with Crippen LogP contribution in [0.5, 0.6) is 0 Å². The molecule has 150 valence electrons. The molecule has 0 spiro atoms. The first kappa shape index (κ1) is 22.4. The second-order valence-corrected chi connectivity index (χ2v) is 8.22. The molecule has 1 saturated carbocycles. The summed E-state index contributed by atoms with van der Waals surface area (Å²) in [5.41, 5.74) is -2.22. The van der Waals surface area contributed by atoms with Crippen LogP contribution >= 0.6 is 0 Å². The van der Waals surface area contributed by atoms with Gasteiger partial charge in [0.1, 0.15) is 5.60 Å². The van der Waals surface area contributed by atoms with Crippen LogP contribution in [-0.4, -0.2) is 34.5 Å². The molecule has 1 N–H and O–H groups in total. The lowest BCUT2D eigenvalue weighted by molar-refractivity contribution is -0.554. The van der Waals surface area contributed by atoms with Gasteiger partial charge in [-0.1, -0.05) is 38.5 Å². The third-order valence-corrected chi connectivity index (χ3v) is 4.82. The highest BCUT2D eigenvalue weighted by Crippen LogP contribution is 2.28. The Hall–Kier alpha value is -1.66. The fourth-order valence-electron chi connectivity index (χ4n) is 3.37. The molecule has 1 aliphatic carbocycles. The molecular formula is C19H34N2O5. The number of hydrogen-bond donors (Lipinski definition) is 1. The van der Waals surface area contributed by atoms with Gasteiger partial charge >= 0.3 is 6.09 Å². The molecule has 0 saturated heterocycles. The summed E-state index contributed by atoms with van der Waals surface area (Å²) in [6, 6.07) is 0. The van der Waals surface area contributed by atoms with Crippen LogP contribution in [0.4, 0.5) is 4.79 Å². The minimum atomic E-state index is -1.59. The number of ketones is 1. The third kappa shape index (κ3) is 7.70. The Morgan fingerprint density at radius 1 is 1.12 bits per heavy atom. The lowest BCUT2D eigenvalue weighted by Crippen LogP contribution is -2.49. The largest absolute Gasteiger partial charge is 0.444 e. The van der Waals surface area contributed by atoms with Gasteiger partial charge < -0.3 is 10.1 Å². The predicted octanol–water partition coefficient (Wildman–Crippen LogP) is 4.40. The number of ether oxygens (including phenoxy) is 1. The summed E-state index contributed by atoms with van der Waals surface area (Å²) in [7, 11) is 0. The highest BCUT2D eigenvalue weighted by molar-refractivity contribution is 5.87. The van der Waals surface area contributed by atoms with E-state index in [1.807, 2.05) is 0 Å². The third-order valence-electron chi connectivity index (χ3n) is 4.82. The molecule has 1 rings (SSSR count). The van der Waals surface area contributed by atoms with E-state index in [0.29, 0.717) is 12.8 Å². The topological polar surface area (TPSA) is 98.5 Å². The number of amides is 1. The van der Waals surface area contributed by atoms with E-state index in [4.69, 9.17) is 4.74 Å². The van der Waals surface area contributed by atoms with Crippen LogP contribution in [0.15, 0.2) is 0 Å². The van der Waals surface area contributed by atoms with Gasteiger partial charge in [-0.2, -0.15) is 0 Å². The van der Waals surface area contributed by atoms with E-state index in [1.165, 1.54) is 6.42 Å². The van der Waals surface area contributed by atoms with Gasteiger partial charge in [0, 0.05) is 30.7 Å². The number of carbonyl (C=O) groups is 2. The van der Waals surface area contributed by atoms with Gasteiger partial charge in [-0.25, -0.2) is 4.79 Å². The first-order valence-electron chi connectivity index (χ1n) is 9.82. The lowest BCUT2D eigenvalue weighted by Gasteiger charge is -2.25. The molecule has 1 unspecified atom stereocenters. The van der Waals surface area contributed by atoms with E-state index < -0.39 is 22.2 Å². The molecule has 0 aromatic rings. The Kier molecular flexibility index (Phi) is 9.02. The molecule has 7 heteroatoms. The van der Waals surface area contributed by atoms with Crippen LogP contribution < -0.4 is 5.32 Å². The van der Waals surface area contributed by atoms with Crippen LogP contribution in [-0.2, 0) is 9.53 Å². The summed E-state index contributed by atoms with van der Waals surface area (Å²) in [6.07, 6.45) is 7.56. The number of Topliss-reactive ketones (excluding diaryl/α,β-unsaturated/α-hetero) is 1. The Morgan fingerprint density at radius 3 is 2.19 bits per heavy atom. The van der Waals surface area contributed by atoms with E-state index in [9.17, 15) is 19.7 Å². The summed E-state index contributed by atoms with van der Waals surface area (Å²) >= 11 is 0. The molecule has 7 nitrogen and oxygen atoms in total. The average molecular weight is 370 g/mol. The SMILES string of the molecule is CC(C)(C)OC(=O)NCCC1([N+](=O)[O-])CCCCCCCCCCC1=O. The van der Waals surface area contributed by atoms with Gasteiger partial charge in [0.05, 0.1) is 0 Å². The van der Waals surface area contributed by atoms with Crippen LogP contribution in [0.25, 0.3) is 0 Å². The standard InChI is InChI=1S/C19H34N2O5/c1-18(2,3)26-17(23)20-15-14-19(21(24)25)13-11-9-7-5-4-6-8-10-12-16(19)22/h4-15H2,1-3H3,(H,20,23). The maximum absolute atomic E-state index is 12.7. The summed E-state index contributed by atoms with van der Waals surface area (Å²) in [5.74, 6) is -0.297. The van der Waals surface area contributed by atoms with Crippen LogP contribution in [0.1, 0.15) is 91.4 Å². The fourth-order valence-corrected chi connectivity index (χ4v) is 3.37. The molecule has 1 fully saturated rings. The summed E-state index contributed by atoms with van der Waals surface area (Å²) in [5, 5.41) is 14.4. The molecule has 1 amide bonds. The monoisotopic (exact) mass is 370 g/mol. The van der Waals surface area contributed by atoms with Crippen molar-refractivity contribution in [1.29, 1.82) is 0 Å². The van der Waals surface area contributed by atoms with E-state index >= 15 is 0 Å². The van der Waals surface area contributed by atoms with Crippen molar-refractivity contribution in [1.82, 2.24) is 5.32 Å². The van der Waals surface area contributed by atoms with E-state index in [1.54, 1.807) is 20.8 Å². The van der Waals surface area contributed by atoms with Gasteiger partial charge in [-0.3, -0.25) is 14.9 Å². The number of nitrogens with one attached hydrogen (secondary N) is 1. The quantitative estimate of drug-likeness (QED) is 0.584. The zero-order valence-corrected chi connectivity index (χ0v) is 16.5. The minimum absolute atomic E-state index is 0.0120. The van der Waals surface area contributed by atoms with Crippen molar-refractivity contribution in [2.45, 2.75) is 103 Å². The van der Waals surface area contributed by atoms with Crippen molar-refractivity contribution in [3.05, 3.63) is 10.1 Å². The maximum Gasteiger partial charge on any atom is 0.407 e. The summed E-state index contributed by atoms with van der Waals surface area (Å²) < 4.78 is 5.15. The number of nitro groups is 1. The molecule has 0 aliphatic heterocycles. The fraction of sp³-hybridized carbons (Fsp3) is 0.895. The summed E-state index contributed by atoms with van der Waals surface area (Å²) in [6.45, 7) is 5.31. The summed E-state index contributed by atoms with van der Waals surface area (Å²) in [4.78, 5) is 35.9. The van der Waals surface area contributed by atoms with E-state index in [0.717, 1.165) is 32.1 Å². The van der Waals surface area contributed by atoms with E-state index in [-0.39, 0.29) is 31.6 Å². The first-order valence-corrected chi connectivity index (χ1v) is 9.82. The van der Waals surface area contributed by atoms with Crippen molar-refractivity contribution in [2.75, 3.05) is 6.54 Å². The molecule has 1 aliphatic rings. The Labute approximate surface area is 156 Å². The zero-order chi connectivity index (χ0) is 19.6. The van der Waals surface area contributed by atoms with Crippen LogP contribution in [0.2, 0.25) is 0 Å².